The molecule has 0 fully saturated rings. The smallest absolute Gasteiger partial charge is 0.101 e. The van der Waals surface area contributed by atoms with Crippen LogP contribution in [0.4, 0.5) is 5.69 Å². The van der Waals surface area contributed by atoms with E-state index in [0.29, 0.717) is 5.56 Å². The zero-order chi connectivity index (χ0) is 9.80. The fraction of sp³-hybridized carbons (Fsp3) is 0.273. The van der Waals surface area contributed by atoms with E-state index in [4.69, 9.17) is 5.26 Å². The molecule has 70 valence electrons. The van der Waals surface area contributed by atoms with E-state index in [1.54, 1.807) is 6.07 Å². The molecule has 3 heteroatoms. The van der Waals surface area contributed by atoms with E-state index in [0.717, 1.165) is 30.9 Å². The van der Waals surface area contributed by atoms with Gasteiger partial charge in [0.2, 0.25) is 0 Å². The molecule has 14 heavy (non-hydrogen) atoms. The van der Waals surface area contributed by atoms with Crippen LogP contribution in [0.3, 0.4) is 0 Å². The number of nitrogens with one attached hydrogen (secondary N) is 1. The predicted octanol–water partition coefficient (Wildman–Crippen LogP) is 2.16. The Hall–Kier alpha value is -1.82. The molecule has 0 aliphatic carbocycles. The predicted molar refractivity (Wildman–Crippen MR) is 56.3 cm³/mol. The van der Waals surface area contributed by atoms with Gasteiger partial charge < -0.3 is 5.32 Å². The number of nitriles is 1. The van der Waals surface area contributed by atoms with Gasteiger partial charge in [0.25, 0.3) is 0 Å². The molecule has 0 unspecified atom stereocenters. The van der Waals surface area contributed by atoms with E-state index in [1.807, 2.05) is 18.2 Å². The summed E-state index contributed by atoms with van der Waals surface area (Å²) in [5.74, 6) is 0.993. The largest absolute Gasteiger partial charge is 0.343 e. The van der Waals surface area contributed by atoms with Crippen molar-refractivity contribution in [2.24, 2.45) is 4.99 Å². The standard InChI is InChI=1S/C11H11N3/c12-8-9-4-1-2-5-10(9)14-11-6-3-7-13-11/h1-2,4-5H,3,6-7H2,(H,13,14). The van der Waals surface area contributed by atoms with Gasteiger partial charge in [0.15, 0.2) is 0 Å². The minimum Gasteiger partial charge on any atom is -0.343 e. The van der Waals surface area contributed by atoms with E-state index in [1.165, 1.54) is 0 Å². The minimum atomic E-state index is 0.669. The number of benzene rings is 1. The average molecular weight is 185 g/mol. The highest BCUT2D eigenvalue weighted by molar-refractivity contribution is 5.97. The Bertz CT molecular complexity index is 401. The van der Waals surface area contributed by atoms with Crippen molar-refractivity contribution in [3.63, 3.8) is 0 Å². The first-order valence-electron chi connectivity index (χ1n) is 4.69. The molecule has 0 aromatic heterocycles. The maximum absolute atomic E-state index is 8.86. The van der Waals surface area contributed by atoms with Crippen molar-refractivity contribution in [2.75, 3.05) is 11.9 Å². The first-order chi connectivity index (χ1) is 6.90. The Labute approximate surface area is 83.1 Å². The van der Waals surface area contributed by atoms with Crippen LogP contribution in [0.15, 0.2) is 29.3 Å². The molecule has 3 nitrogen and oxygen atoms in total. The maximum atomic E-state index is 8.86. The van der Waals surface area contributed by atoms with Crippen LogP contribution < -0.4 is 5.32 Å². The van der Waals surface area contributed by atoms with Crippen LogP contribution in [0.25, 0.3) is 0 Å². The van der Waals surface area contributed by atoms with Crippen LogP contribution >= 0.6 is 0 Å². The molecule has 1 aliphatic heterocycles. The summed E-state index contributed by atoms with van der Waals surface area (Å²) in [6.07, 6.45) is 2.09. The molecule has 0 atom stereocenters. The zero-order valence-corrected chi connectivity index (χ0v) is 7.83. The molecule has 0 spiro atoms. The summed E-state index contributed by atoms with van der Waals surface area (Å²) in [5.41, 5.74) is 1.53. The van der Waals surface area contributed by atoms with Crippen molar-refractivity contribution in [3.8, 4) is 6.07 Å². The molecular weight excluding hydrogens is 174 g/mol. The number of para-hydroxylation sites is 1. The van der Waals surface area contributed by atoms with Gasteiger partial charge in [-0.3, -0.25) is 4.99 Å². The highest BCUT2D eigenvalue weighted by Gasteiger charge is 2.07. The second-order valence-corrected chi connectivity index (χ2v) is 3.21. The molecular formula is C11H11N3. The molecule has 0 amide bonds. The van der Waals surface area contributed by atoms with Crippen LogP contribution in [-0.4, -0.2) is 12.4 Å². The SMILES string of the molecule is N#Cc1ccccc1NC1=NCCC1. The van der Waals surface area contributed by atoms with Crippen molar-refractivity contribution < 1.29 is 0 Å². The lowest BCUT2D eigenvalue weighted by atomic mass is 10.2. The van der Waals surface area contributed by atoms with E-state index in [2.05, 4.69) is 16.4 Å². The average Bonchev–Trinajstić information content (AvgIpc) is 2.71. The third-order valence-corrected chi connectivity index (χ3v) is 2.20. The quantitative estimate of drug-likeness (QED) is 0.728. The Morgan fingerprint density at radius 1 is 1.36 bits per heavy atom. The van der Waals surface area contributed by atoms with Gasteiger partial charge >= 0.3 is 0 Å². The zero-order valence-electron chi connectivity index (χ0n) is 7.83. The fourth-order valence-corrected chi connectivity index (χ4v) is 1.49. The summed E-state index contributed by atoms with van der Waals surface area (Å²) >= 11 is 0. The Morgan fingerprint density at radius 2 is 2.21 bits per heavy atom. The molecule has 1 N–H and O–H groups in total. The van der Waals surface area contributed by atoms with Gasteiger partial charge in [0, 0.05) is 13.0 Å². The third kappa shape index (κ3) is 1.74. The van der Waals surface area contributed by atoms with Gasteiger partial charge in [-0.15, -0.1) is 0 Å². The molecule has 2 rings (SSSR count). The van der Waals surface area contributed by atoms with E-state index >= 15 is 0 Å². The summed E-state index contributed by atoms with van der Waals surface area (Å²) in [7, 11) is 0. The molecule has 0 saturated carbocycles. The van der Waals surface area contributed by atoms with E-state index in [-0.39, 0.29) is 0 Å². The minimum absolute atomic E-state index is 0.669. The third-order valence-electron chi connectivity index (χ3n) is 2.20. The Morgan fingerprint density at radius 3 is 2.93 bits per heavy atom. The summed E-state index contributed by atoms with van der Waals surface area (Å²) in [6, 6.07) is 9.63. The second-order valence-electron chi connectivity index (χ2n) is 3.21. The highest BCUT2D eigenvalue weighted by Crippen LogP contribution is 2.15. The summed E-state index contributed by atoms with van der Waals surface area (Å²) < 4.78 is 0. The second kappa shape index (κ2) is 3.93. The molecule has 0 bridgehead atoms. The van der Waals surface area contributed by atoms with Gasteiger partial charge in [-0.05, 0) is 18.6 Å². The molecule has 1 aromatic rings. The number of aliphatic imine (C=N–C) groups is 1. The summed E-state index contributed by atoms with van der Waals surface area (Å²) in [5, 5.41) is 12.1. The number of amidine groups is 1. The first-order valence-corrected chi connectivity index (χ1v) is 4.69. The van der Waals surface area contributed by atoms with Gasteiger partial charge in [0.1, 0.15) is 11.9 Å². The van der Waals surface area contributed by atoms with Crippen LogP contribution in [0, 0.1) is 11.3 Å². The molecule has 0 radical (unpaired) electrons. The number of nitrogens with zero attached hydrogens (tertiary/aromatic N) is 2. The summed E-state index contributed by atoms with van der Waals surface area (Å²) in [6.45, 7) is 0.900. The lowest BCUT2D eigenvalue weighted by Gasteiger charge is -2.06. The van der Waals surface area contributed by atoms with Crippen LogP contribution in [0.5, 0.6) is 0 Å². The Balaban J connectivity index is 2.20. The van der Waals surface area contributed by atoms with Gasteiger partial charge in [0.05, 0.1) is 11.3 Å². The number of hydrogen-bond acceptors (Lipinski definition) is 3. The van der Waals surface area contributed by atoms with E-state index < -0.39 is 0 Å². The highest BCUT2D eigenvalue weighted by atomic mass is 15.0. The van der Waals surface area contributed by atoms with Crippen molar-refractivity contribution in [1.29, 1.82) is 5.26 Å². The molecule has 1 heterocycles. The van der Waals surface area contributed by atoms with Crippen molar-refractivity contribution >= 4 is 11.5 Å². The van der Waals surface area contributed by atoms with Crippen molar-refractivity contribution in [3.05, 3.63) is 29.8 Å². The monoisotopic (exact) mass is 185 g/mol. The van der Waals surface area contributed by atoms with E-state index in [9.17, 15) is 0 Å². The Kier molecular flexibility index (Phi) is 2.46. The molecule has 1 aromatic carbocycles. The van der Waals surface area contributed by atoms with Crippen LogP contribution in [0.1, 0.15) is 18.4 Å². The maximum Gasteiger partial charge on any atom is 0.101 e. The molecule has 1 aliphatic rings. The number of anilines is 1. The van der Waals surface area contributed by atoms with Crippen molar-refractivity contribution in [2.45, 2.75) is 12.8 Å². The lowest BCUT2D eigenvalue weighted by Crippen LogP contribution is -2.09. The van der Waals surface area contributed by atoms with Crippen molar-refractivity contribution in [1.82, 2.24) is 0 Å². The number of rotatable bonds is 1. The topological polar surface area (TPSA) is 48.2 Å². The normalized spacial score (nSPS) is 14.6. The van der Waals surface area contributed by atoms with Gasteiger partial charge in [-0.1, -0.05) is 12.1 Å². The van der Waals surface area contributed by atoms with Crippen LogP contribution in [0.2, 0.25) is 0 Å². The fourth-order valence-electron chi connectivity index (χ4n) is 1.49. The summed E-state index contributed by atoms with van der Waals surface area (Å²) in [4.78, 5) is 4.30. The number of hydrogen-bond donors (Lipinski definition) is 1. The van der Waals surface area contributed by atoms with Crippen LogP contribution in [-0.2, 0) is 0 Å². The lowest BCUT2D eigenvalue weighted by molar-refractivity contribution is 0.951. The first kappa shape index (κ1) is 8.76. The van der Waals surface area contributed by atoms with Gasteiger partial charge in [-0.25, -0.2) is 0 Å². The molecule has 0 saturated heterocycles. The van der Waals surface area contributed by atoms with Gasteiger partial charge in [-0.2, -0.15) is 5.26 Å².